The summed E-state index contributed by atoms with van der Waals surface area (Å²) in [5.74, 6) is -0.0354. The number of fused-ring (bicyclic) bond motifs is 4. The lowest BCUT2D eigenvalue weighted by atomic mass is 9.71. The standard InChI is InChI=1S/C25H26N4O.C18H18N2/c26-16-21-8-5-15-29(21)24(30)17-28-14-13-25(18-27)22-9-3-1-6-19(22)11-12-20-7-2-4-10-23(20)25;19-12-11-18(13-20)16-7-3-1-5-14(16)9-10-15-6-2-4-8-17(15)18/h1-4,6-7,9-10,21,28H,5,8,11-15,17H2;1-8H,9-12,19H2/t21-;/m0./s1. The van der Waals surface area contributed by atoms with Crippen LogP contribution in [0.5, 0.6) is 0 Å². The Hall–Kier alpha value is -5.26. The Morgan fingerprint density at radius 1 is 0.700 bits per heavy atom. The Morgan fingerprint density at radius 2 is 1.12 bits per heavy atom. The molecular formula is C43H44N6O. The van der Waals surface area contributed by atoms with Gasteiger partial charge >= 0.3 is 0 Å². The molecule has 7 heteroatoms. The maximum absolute atomic E-state index is 12.5. The van der Waals surface area contributed by atoms with Crippen LogP contribution in [0.4, 0.5) is 0 Å². The fourth-order valence-corrected chi connectivity index (χ4v) is 8.33. The molecule has 4 aromatic carbocycles. The third kappa shape index (κ3) is 6.54. The van der Waals surface area contributed by atoms with E-state index in [1.807, 2.05) is 36.4 Å². The van der Waals surface area contributed by atoms with E-state index < -0.39 is 10.8 Å². The smallest absolute Gasteiger partial charge is 0.237 e. The van der Waals surface area contributed by atoms with Gasteiger partial charge < -0.3 is 16.0 Å². The minimum Gasteiger partial charge on any atom is -0.330 e. The first-order chi connectivity index (χ1) is 24.5. The predicted molar refractivity (Wildman–Crippen MR) is 195 cm³/mol. The fourth-order valence-electron chi connectivity index (χ4n) is 8.33. The van der Waals surface area contributed by atoms with E-state index in [9.17, 15) is 20.6 Å². The summed E-state index contributed by atoms with van der Waals surface area (Å²) >= 11 is 0. The van der Waals surface area contributed by atoms with Crippen molar-refractivity contribution in [2.45, 2.75) is 68.2 Å². The molecule has 50 heavy (non-hydrogen) atoms. The van der Waals surface area contributed by atoms with Gasteiger partial charge in [-0.1, -0.05) is 97.1 Å². The third-order valence-corrected chi connectivity index (χ3v) is 10.8. The van der Waals surface area contributed by atoms with E-state index in [-0.39, 0.29) is 18.5 Å². The van der Waals surface area contributed by atoms with Crippen molar-refractivity contribution in [3.8, 4) is 18.2 Å². The molecule has 7 rings (SSSR count). The Balaban J connectivity index is 0.000000187. The predicted octanol–water partition coefficient (Wildman–Crippen LogP) is 6.03. The molecule has 0 radical (unpaired) electrons. The molecule has 1 atom stereocenters. The largest absolute Gasteiger partial charge is 0.330 e. The second kappa shape index (κ2) is 15.5. The molecule has 0 spiro atoms. The molecule has 2 aliphatic carbocycles. The first kappa shape index (κ1) is 34.6. The Bertz CT molecular complexity index is 1870. The van der Waals surface area contributed by atoms with Gasteiger partial charge in [0.25, 0.3) is 0 Å². The minimum absolute atomic E-state index is 0.0354. The van der Waals surface area contributed by atoms with Gasteiger partial charge in [-0.15, -0.1) is 0 Å². The summed E-state index contributed by atoms with van der Waals surface area (Å²) in [6.45, 7) is 1.91. The zero-order valence-electron chi connectivity index (χ0n) is 28.6. The van der Waals surface area contributed by atoms with Crippen LogP contribution in [-0.4, -0.2) is 43.0 Å². The van der Waals surface area contributed by atoms with Gasteiger partial charge in [-0.2, -0.15) is 15.8 Å². The minimum atomic E-state index is -0.734. The summed E-state index contributed by atoms with van der Waals surface area (Å²) in [6.07, 6.45) is 6.72. The fraction of sp³-hybridized carbons (Fsp3) is 0.349. The van der Waals surface area contributed by atoms with Crippen LogP contribution in [-0.2, 0) is 41.3 Å². The quantitative estimate of drug-likeness (QED) is 0.233. The van der Waals surface area contributed by atoms with Gasteiger partial charge in [0.05, 0.1) is 24.8 Å². The monoisotopic (exact) mass is 660 g/mol. The number of likely N-dealkylation sites (tertiary alicyclic amines) is 1. The zero-order chi connectivity index (χ0) is 35.0. The molecule has 0 saturated carbocycles. The van der Waals surface area contributed by atoms with Crippen molar-refractivity contribution in [2.24, 2.45) is 5.73 Å². The lowest BCUT2D eigenvalue weighted by Gasteiger charge is -2.30. The van der Waals surface area contributed by atoms with Crippen molar-refractivity contribution < 1.29 is 4.79 Å². The number of amides is 1. The number of carbonyl (C=O) groups is 1. The first-order valence-electron chi connectivity index (χ1n) is 17.8. The van der Waals surface area contributed by atoms with Crippen molar-refractivity contribution >= 4 is 5.91 Å². The van der Waals surface area contributed by atoms with Crippen LogP contribution in [0.1, 0.15) is 70.2 Å². The number of nitrogens with zero attached hydrogens (tertiary/aromatic N) is 4. The summed E-state index contributed by atoms with van der Waals surface area (Å²) in [4.78, 5) is 14.2. The van der Waals surface area contributed by atoms with Gasteiger partial charge in [0.15, 0.2) is 0 Å². The van der Waals surface area contributed by atoms with Crippen LogP contribution in [0, 0.1) is 34.0 Å². The summed E-state index contributed by atoms with van der Waals surface area (Å²) in [7, 11) is 0. The van der Waals surface area contributed by atoms with Crippen LogP contribution in [0.15, 0.2) is 97.1 Å². The van der Waals surface area contributed by atoms with E-state index in [1.54, 1.807) is 4.90 Å². The van der Waals surface area contributed by atoms with Gasteiger partial charge in [0.2, 0.25) is 5.91 Å². The molecule has 1 aliphatic heterocycles. The van der Waals surface area contributed by atoms with E-state index >= 15 is 0 Å². The molecule has 3 N–H and O–H groups in total. The lowest BCUT2D eigenvalue weighted by Crippen LogP contribution is -2.41. The number of benzene rings is 4. The SMILES string of the molecule is N#CC1(CCN)c2ccccc2CCc2ccccc21.N#C[C@@H]1CCCN1C(=O)CNCCC1(C#N)c2ccccc2CCc2ccccc21. The summed E-state index contributed by atoms with van der Waals surface area (Å²) in [5, 5.41) is 32.9. The van der Waals surface area contributed by atoms with E-state index in [2.05, 4.69) is 84.2 Å². The zero-order valence-corrected chi connectivity index (χ0v) is 28.6. The number of hydrogen-bond acceptors (Lipinski definition) is 6. The molecule has 252 valence electrons. The van der Waals surface area contributed by atoms with Gasteiger partial charge in [-0.25, -0.2) is 0 Å². The number of nitrogens with two attached hydrogens (primary N) is 1. The Labute approximate surface area is 296 Å². The molecule has 1 saturated heterocycles. The van der Waals surface area contributed by atoms with Gasteiger partial charge in [0.1, 0.15) is 16.9 Å². The normalized spacial score (nSPS) is 17.7. The number of nitriles is 3. The second-order valence-corrected chi connectivity index (χ2v) is 13.5. The van der Waals surface area contributed by atoms with Crippen LogP contribution in [0.2, 0.25) is 0 Å². The molecule has 7 nitrogen and oxygen atoms in total. The van der Waals surface area contributed by atoms with E-state index in [0.29, 0.717) is 32.5 Å². The van der Waals surface area contributed by atoms with Crippen LogP contribution >= 0.6 is 0 Å². The van der Waals surface area contributed by atoms with Crippen molar-refractivity contribution in [3.05, 3.63) is 142 Å². The number of aryl methyl sites for hydroxylation is 4. The third-order valence-electron chi connectivity index (χ3n) is 10.8. The van der Waals surface area contributed by atoms with Crippen molar-refractivity contribution in [3.63, 3.8) is 0 Å². The Kier molecular flexibility index (Phi) is 10.7. The molecule has 1 heterocycles. The molecule has 3 aliphatic rings. The highest BCUT2D eigenvalue weighted by atomic mass is 16.2. The summed E-state index contributed by atoms with van der Waals surface area (Å²) < 4.78 is 0. The number of nitrogens with one attached hydrogen (secondary N) is 1. The molecular weight excluding hydrogens is 617 g/mol. The van der Waals surface area contributed by atoms with Crippen LogP contribution in [0.25, 0.3) is 0 Å². The van der Waals surface area contributed by atoms with Gasteiger partial charge in [-0.05, 0) is 109 Å². The number of rotatable bonds is 7. The Morgan fingerprint density at radius 3 is 1.52 bits per heavy atom. The molecule has 4 aromatic rings. The highest BCUT2D eigenvalue weighted by Crippen LogP contribution is 2.43. The van der Waals surface area contributed by atoms with Gasteiger partial charge in [-0.3, -0.25) is 4.79 Å². The van der Waals surface area contributed by atoms with Crippen molar-refractivity contribution in [1.82, 2.24) is 10.2 Å². The molecule has 0 bridgehead atoms. The van der Waals surface area contributed by atoms with E-state index in [1.165, 1.54) is 22.3 Å². The highest BCUT2D eigenvalue weighted by Gasteiger charge is 2.40. The number of hydrogen-bond donors (Lipinski definition) is 2. The molecule has 0 aromatic heterocycles. The highest BCUT2D eigenvalue weighted by molar-refractivity contribution is 5.79. The first-order valence-corrected chi connectivity index (χ1v) is 17.8. The maximum atomic E-state index is 12.5. The van der Waals surface area contributed by atoms with Crippen molar-refractivity contribution in [2.75, 3.05) is 26.2 Å². The average molecular weight is 661 g/mol. The number of carbonyl (C=O) groups excluding carboxylic acids is 1. The lowest BCUT2D eigenvalue weighted by molar-refractivity contribution is -0.130. The summed E-state index contributed by atoms with van der Waals surface area (Å²) in [5.41, 5.74) is 13.9. The second-order valence-electron chi connectivity index (χ2n) is 13.5. The van der Waals surface area contributed by atoms with Gasteiger partial charge in [0, 0.05) is 6.54 Å². The van der Waals surface area contributed by atoms with Crippen LogP contribution < -0.4 is 11.1 Å². The summed E-state index contributed by atoms with van der Waals surface area (Å²) in [6, 6.07) is 40.3. The maximum Gasteiger partial charge on any atom is 0.237 e. The topological polar surface area (TPSA) is 130 Å². The molecule has 1 amide bonds. The van der Waals surface area contributed by atoms with E-state index in [4.69, 9.17) is 5.73 Å². The average Bonchev–Trinajstić information content (AvgIpc) is 3.55. The van der Waals surface area contributed by atoms with E-state index in [0.717, 1.165) is 60.8 Å². The molecule has 0 unspecified atom stereocenters. The van der Waals surface area contributed by atoms with Crippen LogP contribution in [0.3, 0.4) is 0 Å². The molecule has 1 fully saturated rings. The van der Waals surface area contributed by atoms with Crippen molar-refractivity contribution in [1.29, 1.82) is 15.8 Å².